The van der Waals surface area contributed by atoms with E-state index in [1.54, 1.807) is 30.5 Å². The molecule has 1 atom stereocenters. The summed E-state index contributed by atoms with van der Waals surface area (Å²) >= 11 is 0. The molecule has 47 heavy (non-hydrogen) atoms. The second-order valence-corrected chi connectivity index (χ2v) is 14.5. The van der Waals surface area contributed by atoms with Crippen molar-refractivity contribution in [3.63, 3.8) is 0 Å². The molecule has 0 saturated heterocycles. The van der Waals surface area contributed by atoms with Crippen LogP contribution in [0.2, 0.25) is 0 Å². The number of rotatable bonds is 13. The smallest absolute Gasteiger partial charge is 0.330 e. The maximum atomic E-state index is 13.3. The van der Waals surface area contributed by atoms with Gasteiger partial charge in [-0.05, 0) is 98.7 Å². The Morgan fingerprint density at radius 2 is 1.81 bits per heavy atom. The predicted molar refractivity (Wildman–Crippen MR) is 185 cm³/mol. The van der Waals surface area contributed by atoms with Crippen molar-refractivity contribution >= 4 is 21.4 Å². The van der Waals surface area contributed by atoms with Crippen LogP contribution in [-0.2, 0) is 22.9 Å². The minimum atomic E-state index is -3.86. The third-order valence-corrected chi connectivity index (χ3v) is 10.9. The number of ether oxygens (including phenoxy) is 1. The van der Waals surface area contributed by atoms with Gasteiger partial charge in [0.15, 0.2) is 0 Å². The number of aryl methyl sites for hydroxylation is 2. The molecule has 2 aromatic heterocycles. The van der Waals surface area contributed by atoms with Gasteiger partial charge in [0, 0.05) is 30.3 Å². The van der Waals surface area contributed by atoms with E-state index < -0.39 is 10.0 Å². The number of H-pyrrole nitrogens is 2. The highest BCUT2D eigenvalue weighted by atomic mass is 32.2. The van der Waals surface area contributed by atoms with Crippen LogP contribution < -0.4 is 25.6 Å². The zero-order valence-corrected chi connectivity index (χ0v) is 27.9. The van der Waals surface area contributed by atoms with Crippen LogP contribution in [0.4, 0.5) is 11.4 Å². The zero-order valence-electron chi connectivity index (χ0n) is 27.0. The van der Waals surface area contributed by atoms with E-state index in [-0.39, 0.29) is 22.2 Å². The van der Waals surface area contributed by atoms with Gasteiger partial charge in [0.1, 0.15) is 17.5 Å². The molecule has 1 aliphatic carbocycles. The fourth-order valence-corrected chi connectivity index (χ4v) is 7.98. The van der Waals surface area contributed by atoms with Crippen molar-refractivity contribution in [2.75, 3.05) is 22.7 Å². The van der Waals surface area contributed by atoms with E-state index in [2.05, 4.69) is 14.7 Å². The number of aromatic amines is 2. The van der Waals surface area contributed by atoms with Gasteiger partial charge in [0.05, 0.1) is 17.1 Å². The number of imidazole rings is 1. The number of nitrogens with zero attached hydrogens (tertiary/aromatic N) is 2. The third-order valence-electron chi connectivity index (χ3n) is 9.52. The Hall–Kier alpha value is -4.25. The molecule has 10 nitrogen and oxygen atoms in total. The van der Waals surface area contributed by atoms with Gasteiger partial charge in [-0.3, -0.25) is 14.1 Å². The molecule has 1 unspecified atom stereocenters. The van der Waals surface area contributed by atoms with Gasteiger partial charge >= 0.3 is 5.69 Å². The maximum Gasteiger partial charge on any atom is 0.330 e. The van der Waals surface area contributed by atoms with E-state index in [0.29, 0.717) is 35.9 Å². The lowest BCUT2D eigenvalue weighted by atomic mass is 9.85. The molecule has 2 aliphatic rings. The fourth-order valence-electron chi connectivity index (χ4n) is 6.93. The van der Waals surface area contributed by atoms with Gasteiger partial charge in [-0.15, -0.1) is 0 Å². The number of likely N-dealkylation sites (N-methyl/N-ethyl adjacent to an activating group) is 1. The summed E-state index contributed by atoms with van der Waals surface area (Å²) in [6.07, 6.45) is 15.9. The van der Waals surface area contributed by atoms with Gasteiger partial charge in [-0.2, -0.15) is 0 Å². The maximum absolute atomic E-state index is 13.3. The summed E-state index contributed by atoms with van der Waals surface area (Å²) in [4.78, 5) is 32.8. The molecule has 2 aromatic carbocycles. The van der Waals surface area contributed by atoms with Gasteiger partial charge < -0.3 is 19.6 Å². The normalized spacial score (nSPS) is 16.7. The second-order valence-electron chi connectivity index (χ2n) is 12.8. The first-order chi connectivity index (χ1) is 22.8. The highest BCUT2D eigenvalue weighted by molar-refractivity contribution is 7.92. The Bertz CT molecular complexity index is 1870. The number of unbranched alkanes of at least 4 members (excludes halogenated alkanes) is 1. The summed E-state index contributed by atoms with van der Waals surface area (Å²) in [5.41, 5.74) is 3.14. The molecule has 11 heteroatoms. The molecule has 3 N–H and O–H groups in total. The number of aromatic nitrogens is 3. The number of hydrogen-bond acceptors (Lipinski definition) is 6. The van der Waals surface area contributed by atoms with Crippen LogP contribution in [0, 0.1) is 5.92 Å². The minimum absolute atomic E-state index is 0.0991. The van der Waals surface area contributed by atoms with Gasteiger partial charge in [-0.1, -0.05) is 44.9 Å². The number of hydrogen-bond donors (Lipinski definition) is 3. The largest absolute Gasteiger partial charge is 0.488 e. The van der Waals surface area contributed by atoms with E-state index >= 15 is 0 Å². The summed E-state index contributed by atoms with van der Waals surface area (Å²) in [7, 11) is -3.86. The summed E-state index contributed by atoms with van der Waals surface area (Å²) in [6.45, 7) is 3.25. The van der Waals surface area contributed by atoms with Crippen molar-refractivity contribution in [1.82, 2.24) is 14.5 Å². The molecule has 1 aliphatic heterocycles. The van der Waals surface area contributed by atoms with Crippen LogP contribution in [0.5, 0.6) is 5.75 Å². The highest BCUT2D eigenvalue weighted by Gasteiger charge is 2.24. The SMILES string of the molecule is CCN(CC1CCc2cc(NS(=O)(=O)c3ccc(-n4cc(CCCCC5CCCCC5)[nH]c4=O)cc3)ccc2O1)c1ccc[nH]c1=O. The molecule has 250 valence electrons. The zero-order chi connectivity index (χ0) is 32.8. The van der Waals surface area contributed by atoms with E-state index in [9.17, 15) is 18.0 Å². The Balaban J connectivity index is 1.04. The van der Waals surface area contributed by atoms with E-state index in [0.717, 1.165) is 42.9 Å². The first kappa shape index (κ1) is 32.7. The van der Waals surface area contributed by atoms with Crippen molar-refractivity contribution in [2.24, 2.45) is 5.92 Å². The number of pyridine rings is 1. The van der Waals surface area contributed by atoms with E-state index in [4.69, 9.17) is 4.74 Å². The molecule has 0 radical (unpaired) electrons. The van der Waals surface area contributed by atoms with E-state index in [1.807, 2.05) is 36.2 Å². The quantitative estimate of drug-likeness (QED) is 0.147. The van der Waals surface area contributed by atoms with Crippen molar-refractivity contribution in [3.05, 3.63) is 99.1 Å². The van der Waals surface area contributed by atoms with Crippen LogP contribution in [0.25, 0.3) is 5.69 Å². The third kappa shape index (κ3) is 8.01. The fraction of sp³-hybridized carbons (Fsp3) is 0.444. The lowest BCUT2D eigenvalue weighted by Crippen LogP contribution is -2.39. The Kier molecular flexibility index (Phi) is 10.2. The number of anilines is 2. The average Bonchev–Trinajstić information content (AvgIpc) is 3.46. The number of nitrogens with one attached hydrogen (secondary N) is 3. The number of benzene rings is 2. The van der Waals surface area contributed by atoms with Crippen LogP contribution in [0.15, 0.2) is 81.5 Å². The van der Waals surface area contributed by atoms with Gasteiger partial charge in [0.2, 0.25) is 0 Å². The first-order valence-electron chi connectivity index (χ1n) is 16.9. The van der Waals surface area contributed by atoms with Gasteiger partial charge in [0.25, 0.3) is 15.6 Å². The van der Waals surface area contributed by atoms with E-state index in [1.165, 1.54) is 61.6 Å². The van der Waals surface area contributed by atoms with Crippen LogP contribution in [-0.4, -0.2) is 42.1 Å². The van der Waals surface area contributed by atoms with Crippen molar-refractivity contribution in [2.45, 2.75) is 88.6 Å². The summed E-state index contributed by atoms with van der Waals surface area (Å²) in [5.74, 6) is 1.58. The lowest BCUT2D eigenvalue weighted by Gasteiger charge is -2.31. The number of sulfonamides is 1. The van der Waals surface area contributed by atoms with Crippen molar-refractivity contribution in [3.8, 4) is 11.4 Å². The molecule has 1 saturated carbocycles. The highest BCUT2D eigenvalue weighted by Crippen LogP contribution is 2.32. The molecule has 0 amide bonds. The molecule has 0 bridgehead atoms. The van der Waals surface area contributed by atoms with Gasteiger partial charge in [-0.25, -0.2) is 13.2 Å². The molecule has 0 spiro atoms. The molecule has 6 rings (SSSR count). The van der Waals surface area contributed by atoms with Crippen molar-refractivity contribution < 1.29 is 13.2 Å². The molecular formula is C36H45N5O5S. The molecule has 4 aromatic rings. The summed E-state index contributed by atoms with van der Waals surface area (Å²) < 4.78 is 37.0. The Labute approximate surface area is 276 Å². The molecule has 1 fully saturated rings. The van der Waals surface area contributed by atoms with Crippen LogP contribution in [0.3, 0.4) is 0 Å². The standard InChI is InChI=1S/C36H45N5O5S/c1-2-40(33-13-8-22-37-35(33)42)25-31-18-14-27-23-28(15-21-34(27)46-31)39-47(44,45)32-19-16-30(17-20-32)41-24-29(38-36(41)43)12-7-6-11-26-9-4-3-5-10-26/h8,13,15-17,19-24,26,31,39H,2-7,9-12,14,18,25H2,1H3,(H,37,42)(H,38,43). The first-order valence-corrected chi connectivity index (χ1v) is 18.4. The van der Waals surface area contributed by atoms with Crippen molar-refractivity contribution in [1.29, 1.82) is 0 Å². The van der Waals surface area contributed by atoms with Crippen LogP contribution >= 0.6 is 0 Å². The molecule has 3 heterocycles. The minimum Gasteiger partial charge on any atom is -0.488 e. The predicted octanol–water partition coefficient (Wildman–Crippen LogP) is 6.17. The van der Waals surface area contributed by atoms with Crippen LogP contribution in [0.1, 0.15) is 76.0 Å². The molecular weight excluding hydrogens is 614 g/mol. The second kappa shape index (κ2) is 14.7. The lowest BCUT2D eigenvalue weighted by molar-refractivity contribution is 0.178. The topological polar surface area (TPSA) is 129 Å². The summed E-state index contributed by atoms with van der Waals surface area (Å²) in [6, 6.07) is 15.3. The number of fused-ring (bicyclic) bond motifs is 1. The monoisotopic (exact) mass is 659 g/mol. The average molecular weight is 660 g/mol. The Morgan fingerprint density at radius 1 is 1.00 bits per heavy atom. The Morgan fingerprint density at radius 3 is 2.57 bits per heavy atom. The summed E-state index contributed by atoms with van der Waals surface area (Å²) in [5, 5.41) is 0.